The Morgan fingerprint density at radius 3 is 1.83 bits per heavy atom. The summed E-state index contributed by atoms with van der Waals surface area (Å²) in [5.41, 5.74) is 0. The highest BCUT2D eigenvalue weighted by Crippen LogP contribution is 1.92. The van der Waals surface area contributed by atoms with Crippen molar-refractivity contribution in [2.45, 2.75) is 12.9 Å². The molecule has 0 aliphatic rings. The summed E-state index contributed by atoms with van der Waals surface area (Å²) in [4.78, 5) is 0. The summed E-state index contributed by atoms with van der Waals surface area (Å²) >= 11 is 0. The monoisotopic (exact) mass is 108 g/mol. The van der Waals surface area contributed by atoms with Gasteiger partial charge >= 0.3 is 0 Å². The maximum Gasteiger partial charge on any atom is 0.264 e. The van der Waals surface area contributed by atoms with Crippen molar-refractivity contribution >= 4 is 10.5 Å². The first-order chi connectivity index (χ1) is 2.56. The fourth-order valence-corrected chi connectivity index (χ4v) is 0. The molecule has 0 aliphatic heterocycles. The van der Waals surface area contributed by atoms with Crippen LogP contribution in [0.15, 0.2) is 0 Å². The minimum absolute atomic E-state index is 0.348. The molecule has 0 aliphatic carbocycles. The normalized spacial score (nSPS) is 12.5. The number of hydrogen-bond acceptors (Lipinski definition) is 3. The van der Waals surface area contributed by atoms with Crippen molar-refractivity contribution in [1.29, 1.82) is 0 Å². The first kappa shape index (κ1) is 6.10. The molecule has 0 fully saturated rings. The second-order valence-electron chi connectivity index (χ2n) is 1.14. The fraction of sp³-hybridized carbons (Fsp3) is 1.00. The Morgan fingerprint density at radius 1 is 1.67 bits per heavy atom. The summed E-state index contributed by atoms with van der Waals surface area (Å²) in [7, 11) is 0.348. The van der Waals surface area contributed by atoms with E-state index in [1.54, 1.807) is 0 Å². The molecule has 0 rings (SSSR count). The molecule has 0 aromatic heterocycles. The van der Waals surface area contributed by atoms with Crippen molar-refractivity contribution < 1.29 is 14.6 Å². The standard InChI is InChI=1S/C2H8O3Si/c1-2(3,4)5-6/h3-4H,1,6H3. The van der Waals surface area contributed by atoms with Crippen LogP contribution >= 0.6 is 0 Å². The smallest absolute Gasteiger partial charge is 0.264 e. The van der Waals surface area contributed by atoms with E-state index in [9.17, 15) is 0 Å². The Morgan fingerprint density at radius 2 is 1.83 bits per heavy atom. The Hall–Kier alpha value is 0.0969. The second kappa shape index (κ2) is 1.70. The SMILES string of the molecule is CC(O)(O)O[SiH3]. The Labute approximate surface area is 39.1 Å². The van der Waals surface area contributed by atoms with Gasteiger partial charge in [0.2, 0.25) is 0 Å². The third kappa shape index (κ3) is 4.10. The van der Waals surface area contributed by atoms with Crippen molar-refractivity contribution in [3.63, 3.8) is 0 Å². The molecule has 0 aromatic carbocycles. The van der Waals surface area contributed by atoms with Crippen LogP contribution in [0.4, 0.5) is 0 Å². The number of rotatable bonds is 1. The van der Waals surface area contributed by atoms with Crippen molar-refractivity contribution in [1.82, 2.24) is 0 Å². The molecule has 2 N–H and O–H groups in total. The average molecular weight is 108 g/mol. The first-order valence-electron chi connectivity index (χ1n) is 1.56. The fourth-order valence-electron chi connectivity index (χ4n) is 0. The largest absolute Gasteiger partial charge is 0.381 e. The molecule has 0 bridgehead atoms. The van der Waals surface area contributed by atoms with Gasteiger partial charge in [-0.3, -0.25) is 0 Å². The van der Waals surface area contributed by atoms with Crippen LogP contribution in [0.3, 0.4) is 0 Å². The molecule has 0 unspecified atom stereocenters. The number of aliphatic hydroxyl groups is 2. The van der Waals surface area contributed by atoms with Gasteiger partial charge in [0, 0.05) is 6.92 Å². The van der Waals surface area contributed by atoms with Crippen LogP contribution in [0.5, 0.6) is 0 Å². The summed E-state index contributed by atoms with van der Waals surface area (Å²) in [6.07, 6.45) is 0. The molecular weight excluding hydrogens is 100 g/mol. The summed E-state index contributed by atoms with van der Waals surface area (Å²) in [5.74, 6) is -1.90. The average Bonchev–Trinajstić information content (AvgIpc) is 1.35. The van der Waals surface area contributed by atoms with Gasteiger partial charge in [-0.25, -0.2) is 0 Å². The Balaban J connectivity index is 3.17. The second-order valence-corrected chi connectivity index (χ2v) is 1.55. The highest BCUT2D eigenvalue weighted by Gasteiger charge is 2.09. The van der Waals surface area contributed by atoms with Crippen molar-refractivity contribution in [2.24, 2.45) is 0 Å². The lowest BCUT2D eigenvalue weighted by Gasteiger charge is -2.11. The van der Waals surface area contributed by atoms with Gasteiger partial charge in [0.25, 0.3) is 5.97 Å². The first-order valence-corrected chi connectivity index (χ1v) is 2.38. The minimum Gasteiger partial charge on any atom is -0.381 e. The molecule has 0 aromatic rings. The molecule has 3 nitrogen and oxygen atoms in total. The van der Waals surface area contributed by atoms with E-state index in [-0.39, 0.29) is 0 Å². The van der Waals surface area contributed by atoms with E-state index >= 15 is 0 Å². The van der Waals surface area contributed by atoms with E-state index in [0.29, 0.717) is 10.5 Å². The van der Waals surface area contributed by atoms with Gasteiger partial charge in [0.05, 0.1) is 0 Å². The van der Waals surface area contributed by atoms with Crippen LogP contribution in [-0.2, 0) is 4.43 Å². The molecule has 0 atom stereocenters. The predicted molar refractivity (Wildman–Crippen MR) is 23.9 cm³/mol. The van der Waals surface area contributed by atoms with Crippen LogP contribution < -0.4 is 0 Å². The van der Waals surface area contributed by atoms with Gasteiger partial charge in [-0.2, -0.15) is 0 Å². The van der Waals surface area contributed by atoms with Gasteiger partial charge in [-0.1, -0.05) is 0 Å². The predicted octanol–water partition coefficient (Wildman–Crippen LogP) is -2.06. The van der Waals surface area contributed by atoms with Gasteiger partial charge in [-0.15, -0.1) is 0 Å². The molecule has 0 radical (unpaired) electrons. The van der Waals surface area contributed by atoms with Crippen LogP contribution in [0.2, 0.25) is 0 Å². The van der Waals surface area contributed by atoms with Gasteiger partial charge in [0.1, 0.15) is 0 Å². The zero-order valence-electron chi connectivity index (χ0n) is 3.80. The highest BCUT2D eigenvalue weighted by atomic mass is 28.2. The minimum atomic E-state index is -1.90. The Kier molecular flexibility index (Phi) is 1.73. The van der Waals surface area contributed by atoms with Gasteiger partial charge in [-0.05, 0) is 0 Å². The molecule has 6 heavy (non-hydrogen) atoms. The quantitative estimate of drug-likeness (QED) is 0.300. The molecule has 0 saturated carbocycles. The maximum atomic E-state index is 8.19. The van der Waals surface area contributed by atoms with Crippen molar-refractivity contribution in [2.75, 3.05) is 0 Å². The molecule has 0 spiro atoms. The zero-order valence-corrected chi connectivity index (χ0v) is 5.80. The molecule has 38 valence electrons. The third-order valence-corrected chi connectivity index (χ3v) is 1.16. The number of hydrogen-bond donors (Lipinski definition) is 2. The third-order valence-electron chi connectivity index (χ3n) is 0.387. The van der Waals surface area contributed by atoms with Gasteiger partial charge in [0.15, 0.2) is 10.5 Å². The molecule has 0 saturated heterocycles. The summed E-state index contributed by atoms with van der Waals surface area (Å²) in [6, 6.07) is 0. The lowest BCUT2D eigenvalue weighted by molar-refractivity contribution is -0.277. The van der Waals surface area contributed by atoms with E-state index in [1.807, 2.05) is 0 Å². The molecular formula is C2H8O3Si. The van der Waals surface area contributed by atoms with Crippen LogP contribution in [0.25, 0.3) is 0 Å². The summed E-state index contributed by atoms with van der Waals surface area (Å²) in [6.45, 7) is 1.17. The van der Waals surface area contributed by atoms with Crippen molar-refractivity contribution in [3.05, 3.63) is 0 Å². The lowest BCUT2D eigenvalue weighted by atomic mass is 10.7. The topological polar surface area (TPSA) is 49.7 Å². The van der Waals surface area contributed by atoms with E-state index in [1.165, 1.54) is 6.92 Å². The zero-order chi connectivity index (χ0) is 5.21. The Bertz CT molecular complexity index is 38.5. The van der Waals surface area contributed by atoms with Crippen LogP contribution in [0.1, 0.15) is 6.92 Å². The molecule has 4 heteroatoms. The summed E-state index contributed by atoms with van der Waals surface area (Å²) in [5, 5.41) is 16.4. The van der Waals surface area contributed by atoms with Crippen LogP contribution in [-0.4, -0.2) is 26.7 Å². The van der Waals surface area contributed by atoms with E-state index in [4.69, 9.17) is 10.2 Å². The van der Waals surface area contributed by atoms with Crippen LogP contribution in [0, 0.1) is 0 Å². The maximum absolute atomic E-state index is 8.19. The molecule has 0 amide bonds. The van der Waals surface area contributed by atoms with Gasteiger partial charge < -0.3 is 14.6 Å². The molecule has 0 heterocycles. The lowest BCUT2D eigenvalue weighted by Crippen LogP contribution is -2.25. The van der Waals surface area contributed by atoms with E-state index < -0.39 is 5.97 Å². The summed E-state index contributed by atoms with van der Waals surface area (Å²) < 4.78 is 4.19. The van der Waals surface area contributed by atoms with E-state index in [2.05, 4.69) is 4.43 Å². The highest BCUT2D eigenvalue weighted by molar-refractivity contribution is 5.98. The van der Waals surface area contributed by atoms with Crippen molar-refractivity contribution in [3.8, 4) is 0 Å². The van der Waals surface area contributed by atoms with E-state index in [0.717, 1.165) is 0 Å².